The van der Waals surface area contributed by atoms with Crippen LogP contribution in [0.15, 0.2) is 23.4 Å². The van der Waals surface area contributed by atoms with Crippen LogP contribution in [0.2, 0.25) is 0 Å². The summed E-state index contributed by atoms with van der Waals surface area (Å²) in [5.74, 6) is 0.0575. The fourth-order valence-electron chi connectivity index (χ4n) is 1.64. The van der Waals surface area contributed by atoms with Crippen molar-refractivity contribution in [3.63, 3.8) is 0 Å². The molecule has 0 aliphatic rings. The third-order valence-corrected chi connectivity index (χ3v) is 4.56. The van der Waals surface area contributed by atoms with Crippen molar-refractivity contribution < 1.29 is 8.42 Å². The Labute approximate surface area is 115 Å². The van der Waals surface area contributed by atoms with Crippen LogP contribution < -0.4 is 11.1 Å². The number of sulfone groups is 1. The molecule has 2 aromatic heterocycles. The smallest absolute Gasteiger partial charge is 0.182 e. The predicted molar refractivity (Wildman–Crippen MR) is 75.0 cm³/mol. The Bertz CT molecular complexity index is 633. The molecule has 0 unspecified atom stereocenters. The van der Waals surface area contributed by atoms with Gasteiger partial charge >= 0.3 is 0 Å². The zero-order valence-corrected chi connectivity index (χ0v) is 12.0. The molecule has 0 fully saturated rings. The van der Waals surface area contributed by atoms with E-state index >= 15 is 0 Å². The molecule has 2 aromatic rings. The van der Waals surface area contributed by atoms with E-state index in [0.717, 1.165) is 30.8 Å². The highest BCUT2D eigenvalue weighted by atomic mass is 32.2. The first-order valence-corrected chi connectivity index (χ1v) is 8.31. The molecule has 0 aliphatic carbocycles. The van der Waals surface area contributed by atoms with Crippen LogP contribution in [0.5, 0.6) is 0 Å². The van der Waals surface area contributed by atoms with Gasteiger partial charge in [0.25, 0.3) is 0 Å². The molecule has 104 valence electrons. The Morgan fingerprint density at radius 2 is 2.32 bits per heavy atom. The van der Waals surface area contributed by atoms with Crippen LogP contribution in [0.1, 0.15) is 6.42 Å². The molecule has 7 nitrogen and oxygen atoms in total. The maximum absolute atomic E-state index is 11.6. The molecule has 0 saturated carbocycles. The predicted octanol–water partition coefficient (Wildman–Crippen LogP) is 0.827. The molecule has 19 heavy (non-hydrogen) atoms. The first-order valence-electron chi connectivity index (χ1n) is 5.65. The van der Waals surface area contributed by atoms with E-state index in [2.05, 4.69) is 14.8 Å². The summed E-state index contributed by atoms with van der Waals surface area (Å²) in [7, 11) is -3.36. The molecule has 0 atom stereocenters. The van der Waals surface area contributed by atoms with E-state index in [4.69, 9.17) is 5.73 Å². The highest BCUT2D eigenvalue weighted by Gasteiger charge is 2.20. The number of anilines is 2. The van der Waals surface area contributed by atoms with Gasteiger partial charge in [-0.05, 0) is 24.0 Å². The second kappa shape index (κ2) is 5.57. The Morgan fingerprint density at radius 3 is 2.95 bits per heavy atom. The van der Waals surface area contributed by atoms with Crippen molar-refractivity contribution in [1.29, 1.82) is 0 Å². The Kier molecular flexibility index (Phi) is 4.05. The molecule has 0 aromatic carbocycles. The SMILES string of the molecule is CS(=O)(=O)c1c(N)nsc1NCCCn1cccn1. The number of nitrogens with one attached hydrogen (secondary N) is 1. The van der Waals surface area contributed by atoms with Gasteiger partial charge in [-0.15, -0.1) is 0 Å². The summed E-state index contributed by atoms with van der Waals surface area (Å²) >= 11 is 1.06. The molecule has 0 aliphatic heterocycles. The summed E-state index contributed by atoms with van der Waals surface area (Å²) < 4.78 is 28.9. The number of rotatable bonds is 6. The van der Waals surface area contributed by atoms with Crippen molar-refractivity contribution in [3.8, 4) is 0 Å². The van der Waals surface area contributed by atoms with Crippen LogP contribution in [0.25, 0.3) is 0 Å². The van der Waals surface area contributed by atoms with Gasteiger partial charge in [0.1, 0.15) is 9.90 Å². The number of aryl methyl sites for hydroxylation is 1. The number of hydrogen-bond acceptors (Lipinski definition) is 7. The maximum atomic E-state index is 11.6. The van der Waals surface area contributed by atoms with Crippen LogP contribution in [0, 0.1) is 0 Å². The number of hydrogen-bond donors (Lipinski definition) is 2. The van der Waals surface area contributed by atoms with Crippen LogP contribution in [0.3, 0.4) is 0 Å². The molecule has 0 bridgehead atoms. The van der Waals surface area contributed by atoms with E-state index in [1.165, 1.54) is 0 Å². The van der Waals surface area contributed by atoms with Crippen LogP contribution in [-0.4, -0.2) is 35.4 Å². The van der Waals surface area contributed by atoms with Gasteiger partial charge in [0, 0.05) is 31.7 Å². The topological polar surface area (TPSA) is 103 Å². The lowest BCUT2D eigenvalue weighted by molar-refractivity contribution is 0.591. The number of nitrogen functional groups attached to an aromatic ring is 1. The molecular weight excluding hydrogens is 286 g/mol. The lowest BCUT2D eigenvalue weighted by Gasteiger charge is -2.06. The van der Waals surface area contributed by atoms with Gasteiger partial charge in [0.15, 0.2) is 15.7 Å². The van der Waals surface area contributed by atoms with E-state index in [-0.39, 0.29) is 10.7 Å². The summed E-state index contributed by atoms with van der Waals surface area (Å²) in [4.78, 5) is 0.0941. The third kappa shape index (κ3) is 3.44. The summed E-state index contributed by atoms with van der Waals surface area (Å²) in [6, 6.07) is 1.86. The minimum absolute atomic E-state index is 0.0575. The molecule has 2 heterocycles. The van der Waals surface area contributed by atoms with E-state index in [1.54, 1.807) is 6.20 Å². The van der Waals surface area contributed by atoms with E-state index in [1.807, 2.05) is 16.9 Å². The number of nitrogens with two attached hydrogens (primary N) is 1. The highest BCUT2D eigenvalue weighted by Crippen LogP contribution is 2.31. The van der Waals surface area contributed by atoms with E-state index in [0.29, 0.717) is 11.5 Å². The Morgan fingerprint density at radius 1 is 1.53 bits per heavy atom. The van der Waals surface area contributed by atoms with Crippen molar-refractivity contribution in [1.82, 2.24) is 14.2 Å². The van der Waals surface area contributed by atoms with Crippen molar-refractivity contribution in [3.05, 3.63) is 18.5 Å². The molecule has 9 heteroatoms. The molecule has 2 rings (SSSR count). The molecule has 0 saturated heterocycles. The van der Waals surface area contributed by atoms with E-state index in [9.17, 15) is 8.42 Å². The summed E-state index contributed by atoms with van der Waals surface area (Å²) in [6.45, 7) is 1.40. The van der Waals surface area contributed by atoms with Gasteiger partial charge in [0.2, 0.25) is 0 Å². The van der Waals surface area contributed by atoms with Gasteiger partial charge in [0.05, 0.1) is 0 Å². The Balaban J connectivity index is 1.93. The van der Waals surface area contributed by atoms with Gasteiger partial charge in [-0.25, -0.2) is 8.42 Å². The first kappa shape index (κ1) is 13.8. The molecule has 0 spiro atoms. The van der Waals surface area contributed by atoms with Crippen LogP contribution in [0.4, 0.5) is 10.8 Å². The average Bonchev–Trinajstić information content (AvgIpc) is 2.93. The monoisotopic (exact) mass is 301 g/mol. The van der Waals surface area contributed by atoms with Gasteiger partial charge in [-0.2, -0.15) is 9.47 Å². The quantitative estimate of drug-likeness (QED) is 0.766. The number of aromatic nitrogens is 3. The minimum Gasteiger partial charge on any atom is -0.382 e. The standard InChI is InChI=1S/C10H15N5O2S2/c1-19(16,17)8-9(11)14-18-10(8)12-4-2-6-15-7-3-5-13-15/h3,5,7,12H,2,4,6H2,1H3,(H2,11,14). The van der Waals surface area contributed by atoms with Crippen molar-refractivity contribution in [2.24, 2.45) is 0 Å². The number of nitrogens with zero attached hydrogens (tertiary/aromatic N) is 3. The van der Waals surface area contributed by atoms with Crippen LogP contribution >= 0.6 is 11.5 Å². The van der Waals surface area contributed by atoms with Crippen molar-refractivity contribution >= 4 is 32.2 Å². The molecule has 3 N–H and O–H groups in total. The fourth-order valence-corrected chi connectivity index (χ4v) is 3.73. The first-order chi connectivity index (χ1) is 8.98. The second-order valence-electron chi connectivity index (χ2n) is 4.05. The van der Waals surface area contributed by atoms with Gasteiger partial charge in [-0.3, -0.25) is 4.68 Å². The van der Waals surface area contributed by atoms with Gasteiger partial charge in [-0.1, -0.05) is 0 Å². The minimum atomic E-state index is -3.36. The summed E-state index contributed by atoms with van der Waals surface area (Å²) in [5, 5.41) is 7.64. The van der Waals surface area contributed by atoms with Crippen LogP contribution in [-0.2, 0) is 16.4 Å². The maximum Gasteiger partial charge on any atom is 0.182 e. The zero-order valence-electron chi connectivity index (χ0n) is 10.4. The molecule has 0 amide bonds. The largest absolute Gasteiger partial charge is 0.382 e. The lowest BCUT2D eigenvalue weighted by atomic mass is 10.4. The molecule has 0 radical (unpaired) electrons. The zero-order chi connectivity index (χ0) is 13.9. The Hall–Kier alpha value is -1.61. The second-order valence-corrected chi connectivity index (χ2v) is 6.77. The molecular formula is C10H15N5O2S2. The van der Waals surface area contributed by atoms with Crippen molar-refractivity contribution in [2.45, 2.75) is 17.9 Å². The summed E-state index contributed by atoms with van der Waals surface area (Å²) in [5.41, 5.74) is 5.57. The van der Waals surface area contributed by atoms with Gasteiger partial charge < -0.3 is 11.1 Å². The fraction of sp³-hybridized carbons (Fsp3) is 0.400. The van der Waals surface area contributed by atoms with Crippen molar-refractivity contribution in [2.75, 3.05) is 23.9 Å². The highest BCUT2D eigenvalue weighted by molar-refractivity contribution is 7.91. The normalized spacial score (nSPS) is 11.6. The lowest BCUT2D eigenvalue weighted by Crippen LogP contribution is -2.09. The average molecular weight is 301 g/mol. The summed E-state index contributed by atoms with van der Waals surface area (Å²) in [6.07, 6.45) is 5.55. The third-order valence-electron chi connectivity index (χ3n) is 2.45. The van der Waals surface area contributed by atoms with E-state index < -0.39 is 9.84 Å².